The average molecular weight is 289 g/mol. The molecule has 0 saturated heterocycles. The summed E-state index contributed by atoms with van der Waals surface area (Å²) in [5.41, 5.74) is 3.72. The molecule has 0 fully saturated rings. The first-order valence-corrected chi connectivity index (χ1v) is 7.91. The highest BCUT2D eigenvalue weighted by atomic mass is 16.5. The normalized spacial score (nSPS) is 20.7. The van der Waals surface area contributed by atoms with Crippen LogP contribution in [0.3, 0.4) is 0 Å². The number of unbranched alkanes of at least 4 members (excludes halogenated alkanes) is 1. The van der Waals surface area contributed by atoms with Gasteiger partial charge in [0.15, 0.2) is 11.5 Å². The second-order valence-corrected chi connectivity index (χ2v) is 5.92. The Morgan fingerprint density at radius 3 is 2.38 bits per heavy atom. The molecule has 0 spiro atoms. The topological polar surface area (TPSA) is 30.8 Å². The standard InChI is InChI=1S/C18H27NO2/c1-6-8-9-18(7-2)12-14-10-16(20-4)17(21-5)11-15(14)13(3)19-18/h10-11H,6-9,12H2,1-5H3. The van der Waals surface area contributed by atoms with Gasteiger partial charge in [0, 0.05) is 11.3 Å². The van der Waals surface area contributed by atoms with Crippen molar-refractivity contribution in [3.05, 3.63) is 23.3 Å². The number of methoxy groups -OCH3 is 2. The SMILES string of the molecule is CCCCC1(CC)Cc2cc(OC)c(OC)cc2C(C)=N1. The predicted octanol–water partition coefficient (Wildman–Crippen LogP) is 4.41. The molecule has 3 nitrogen and oxygen atoms in total. The number of rotatable bonds is 6. The van der Waals surface area contributed by atoms with Gasteiger partial charge in [-0.25, -0.2) is 0 Å². The lowest BCUT2D eigenvalue weighted by molar-refractivity contribution is 0.348. The zero-order valence-corrected chi connectivity index (χ0v) is 14.0. The molecule has 0 bridgehead atoms. The van der Waals surface area contributed by atoms with E-state index in [4.69, 9.17) is 14.5 Å². The molecule has 0 aliphatic carbocycles. The monoisotopic (exact) mass is 289 g/mol. The van der Waals surface area contributed by atoms with Crippen LogP contribution in [-0.2, 0) is 6.42 Å². The number of benzene rings is 1. The summed E-state index contributed by atoms with van der Waals surface area (Å²) < 4.78 is 10.9. The molecule has 1 aromatic carbocycles. The number of nitrogens with zero attached hydrogens (tertiary/aromatic N) is 1. The maximum atomic E-state index is 5.46. The van der Waals surface area contributed by atoms with Gasteiger partial charge in [-0.05, 0) is 43.9 Å². The largest absolute Gasteiger partial charge is 0.493 e. The highest BCUT2D eigenvalue weighted by Gasteiger charge is 2.33. The van der Waals surface area contributed by atoms with Crippen molar-refractivity contribution in [2.75, 3.05) is 14.2 Å². The third kappa shape index (κ3) is 3.07. The van der Waals surface area contributed by atoms with Gasteiger partial charge in [-0.1, -0.05) is 26.7 Å². The van der Waals surface area contributed by atoms with Crippen molar-refractivity contribution in [2.24, 2.45) is 4.99 Å². The molecule has 0 N–H and O–H groups in total. The van der Waals surface area contributed by atoms with Gasteiger partial charge in [0.2, 0.25) is 0 Å². The maximum Gasteiger partial charge on any atom is 0.161 e. The van der Waals surface area contributed by atoms with Gasteiger partial charge in [-0.2, -0.15) is 0 Å². The Morgan fingerprint density at radius 2 is 1.81 bits per heavy atom. The molecule has 3 heteroatoms. The van der Waals surface area contributed by atoms with Gasteiger partial charge < -0.3 is 9.47 Å². The molecular weight excluding hydrogens is 262 g/mol. The van der Waals surface area contributed by atoms with E-state index in [0.717, 1.165) is 36.5 Å². The maximum absolute atomic E-state index is 5.46. The second-order valence-electron chi connectivity index (χ2n) is 5.92. The lowest BCUT2D eigenvalue weighted by atomic mass is 9.79. The van der Waals surface area contributed by atoms with Crippen LogP contribution in [0.15, 0.2) is 17.1 Å². The summed E-state index contributed by atoms with van der Waals surface area (Å²) in [6.07, 6.45) is 5.68. The third-order valence-electron chi connectivity index (χ3n) is 4.58. The minimum atomic E-state index is 0.0622. The first-order valence-electron chi connectivity index (χ1n) is 7.91. The van der Waals surface area contributed by atoms with E-state index < -0.39 is 0 Å². The van der Waals surface area contributed by atoms with Crippen molar-refractivity contribution in [3.63, 3.8) is 0 Å². The summed E-state index contributed by atoms with van der Waals surface area (Å²) in [6.45, 7) is 6.60. The minimum Gasteiger partial charge on any atom is -0.493 e. The van der Waals surface area contributed by atoms with Crippen LogP contribution in [0.4, 0.5) is 0 Å². The van der Waals surface area contributed by atoms with Crippen LogP contribution in [0, 0.1) is 0 Å². The fourth-order valence-corrected chi connectivity index (χ4v) is 3.25. The molecule has 0 radical (unpaired) electrons. The number of ether oxygens (including phenoxy) is 2. The summed E-state index contributed by atoms with van der Waals surface area (Å²) in [5.74, 6) is 1.59. The van der Waals surface area contributed by atoms with Crippen LogP contribution < -0.4 is 9.47 Å². The molecule has 116 valence electrons. The lowest BCUT2D eigenvalue weighted by Gasteiger charge is -2.34. The molecule has 0 saturated carbocycles. The summed E-state index contributed by atoms with van der Waals surface area (Å²) in [4.78, 5) is 5.06. The van der Waals surface area contributed by atoms with Crippen LogP contribution in [0.2, 0.25) is 0 Å². The highest BCUT2D eigenvalue weighted by molar-refractivity contribution is 6.01. The molecule has 1 unspecified atom stereocenters. The molecule has 1 atom stereocenters. The molecule has 0 aromatic heterocycles. The Balaban J connectivity index is 2.44. The summed E-state index contributed by atoms with van der Waals surface area (Å²) in [6, 6.07) is 4.19. The zero-order chi connectivity index (χ0) is 15.5. The van der Waals surface area contributed by atoms with E-state index in [1.165, 1.54) is 24.0 Å². The molecule has 1 aliphatic rings. The van der Waals surface area contributed by atoms with Crippen LogP contribution in [0.25, 0.3) is 0 Å². The second kappa shape index (κ2) is 6.50. The first-order chi connectivity index (χ1) is 10.1. The van der Waals surface area contributed by atoms with Crippen LogP contribution in [-0.4, -0.2) is 25.5 Å². The van der Waals surface area contributed by atoms with Gasteiger partial charge in [-0.15, -0.1) is 0 Å². The number of fused-ring (bicyclic) bond motifs is 1. The van der Waals surface area contributed by atoms with E-state index in [0.29, 0.717) is 0 Å². The molecule has 21 heavy (non-hydrogen) atoms. The Hall–Kier alpha value is -1.51. The summed E-state index contributed by atoms with van der Waals surface area (Å²) >= 11 is 0. The fraction of sp³-hybridized carbons (Fsp3) is 0.611. The van der Waals surface area contributed by atoms with Gasteiger partial charge in [0.25, 0.3) is 0 Å². The van der Waals surface area contributed by atoms with E-state index >= 15 is 0 Å². The molecule has 1 aliphatic heterocycles. The molecule has 2 rings (SSSR count). The fourth-order valence-electron chi connectivity index (χ4n) is 3.25. The zero-order valence-electron chi connectivity index (χ0n) is 14.0. The van der Waals surface area contributed by atoms with Crippen molar-refractivity contribution in [2.45, 2.75) is 58.4 Å². The summed E-state index contributed by atoms with van der Waals surface area (Å²) in [7, 11) is 3.37. The van der Waals surface area contributed by atoms with Gasteiger partial charge >= 0.3 is 0 Å². The van der Waals surface area contributed by atoms with E-state index in [9.17, 15) is 0 Å². The Kier molecular flexibility index (Phi) is 4.92. The number of hydrogen-bond acceptors (Lipinski definition) is 3. The number of hydrogen-bond donors (Lipinski definition) is 0. The van der Waals surface area contributed by atoms with Gasteiger partial charge in [-0.3, -0.25) is 4.99 Å². The van der Waals surface area contributed by atoms with Crippen molar-refractivity contribution >= 4 is 5.71 Å². The quantitative estimate of drug-likeness (QED) is 0.776. The van der Waals surface area contributed by atoms with Crippen LogP contribution in [0.1, 0.15) is 57.6 Å². The van der Waals surface area contributed by atoms with Crippen molar-refractivity contribution in [1.82, 2.24) is 0 Å². The minimum absolute atomic E-state index is 0.0622. The van der Waals surface area contributed by atoms with E-state index in [2.05, 4.69) is 32.9 Å². The Morgan fingerprint density at radius 1 is 1.14 bits per heavy atom. The average Bonchev–Trinajstić information content (AvgIpc) is 2.51. The lowest BCUT2D eigenvalue weighted by Crippen LogP contribution is -2.34. The number of aliphatic imine (C=N–C) groups is 1. The van der Waals surface area contributed by atoms with Gasteiger partial charge in [0.05, 0.1) is 19.8 Å². The molecule has 0 amide bonds. The van der Waals surface area contributed by atoms with E-state index in [-0.39, 0.29) is 5.54 Å². The van der Waals surface area contributed by atoms with Crippen molar-refractivity contribution in [1.29, 1.82) is 0 Å². The molecule has 1 aromatic rings. The highest BCUT2D eigenvalue weighted by Crippen LogP contribution is 2.39. The summed E-state index contributed by atoms with van der Waals surface area (Å²) in [5, 5.41) is 0. The Bertz CT molecular complexity index is 536. The van der Waals surface area contributed by atoms with Crippen LogP contribution in [0.5, 0.6) is 11.5 Å². The smallest absolute Gasteiger partial charge is 0.161 e. The first kappa shape index (κ1) is 15.9. The third-order valence-corrected chi connectivity index (χ3v) is 4.58. The Labute approximate surface area is 128 Å². The molecule has 1 heterocycles. The van der Waals surface area contributed by atoms with E-state index in [1.54, 1.807) is 14.2 Å². The predicted molar refractivity (Wildman–Crippen MR) is 88.0 cm³/mol. The van der Waals surface area contributed by atoms with Crippen molar-refractivity contribution in [3.8, 4) is 11.5 Å². The molecular formula is C18H27NO2. The van der Waals surface area contributed by atoms with Crippen LogP contribution >= 0.6 is 0 Å². The van der Waals surface area contributed by atoms with Gasteiger partial charge in [0.1, 0.15) is 0 Å². The van der Waals surface area contributed by atoms with E-state index in [1.807, 2.05) is 0 Å². The van der Waals surface area contributed by atoms with Crippen molar-refractivity contribution < 1.29 is 9.47 Å².